The molecule has 20 heavy (non-hydrogen) atoms. The van der Waals surface area contributed by atoms with Crippen molar-refractivity contribution in [2.24, 2.45) is 0 Å². The monoisotopic (exact) mass is 282 g/mol. The molecule has 104 valence electrons. The van der Waals surface area contributed by atoms with E-state index in [0.717, 1.165) is 25.0 Å². The van der Waals surface area contributed by atoms with Crippen LogP contribution in [0.4, 0.5) is 20.5 Å². The van der Waals surface area contributed by atoms with Crippen LogP contribution in [0.2, 0.25) is 0 Å². The van der Waals surface area contributed by atoms with Crippen LogP contribution in [0, 0.1) is 21.7 Å². The minimum Gasteiger partial charge on any atom is -0.335 e. The summed E-state index contributed by atoms with van der Waals surface area (Å²) in [6, 6.07) is 1.80. The van der Waals surface area contributed by atoms with Gasteiger partial charge in [-0.2, -0.15) is 9.37 Å². The van der Waals surface area contributed by atoms with Crippen LogP contribution in [-0.4, -0.2) is 21.1 Å². The Bertz CT molecular complexity index is 684. The summed E-state index contributed by atoms with van der Waals surface area (Å²) in [6.07, 6.45) is 1.91. The second-order valence-corrected chi connectivity index (χ2v) is 4.35. The number of nitro groups is 1. The quantitative estimate of drug-likeness (QED) is 0.684. The maximum atomic E-state index is 13.9. The Balaban J connectivity index is 2.01. The lowest BCUT2D eigenvalue weighted by Gasteiger charge is -2.00. The Labute approximate surface area is 110 Å². The highest BCUT2D eigenvalue weighted by atomic mass is 19.1. The van der Waals surface area contributed by atoms with Gasteiger partial charge in [-0.15, -0.1) is 0 Å². The zero-order chi connectivity index (χ0) is 14.3. The van der Waals surface area contributed by atoms with Gasteiger partial charge in [0.25, 0.3) is 0 Å². The molecular formula is C11H8F2N4O3. The second kappa shape index (κ2) is 4.51. The lowest BCUT2D eigenvalue weighted by atomic mass is 10.1. The molecule has 0 amide bonds. The molecule has 1 aromatic carbocycles. The first-order chi connectivity index (χ1) is 9.56. The molecule has 9 heteroatoms. The minimum atomic E-state index is -1.33. The number of rotatable bonds is 4. The Kier molecular flexibility index (Phi) is 2.81. The Morgan fingerprint density at radius 1 is 1.40 bits per heavy atom. The van der Waals surface area contributed by atoms with E-state index < -0.39 is 27.8 Å². The van der Waals surface area contributed by atoms with Gasteiger partial charge in [0.15, 0.2) is 0 Å². The van der Waals surface area contributed by atoms with Crippen molar-refractivity contribution in [1.82, 2.24) is 10.1 Å². The molecule has 1 heterocycles. The molecule has 3 rings (SSSR count). The van der Waals surface area contributed by atoms with E-state index in [1.165, 1.54) is 0 Å². The summed E-state index contributed by atoms with van der Waals surface area (Å²) in [4.78, 5) is 13.5. The molecule has 0 spiro atoms. The van der Waals surface area contributed by atoms with E-state index in [1.807, 2.05) is 0 Å². The molecule has 0 bridgehead atoms. The molecule has 0 radical (unpaired) electrons. The van der Waals surface area contributed by atoms with Crippen LogP contribution < -0.4 is 5.32 Å². The summed E-state index contributed by atoms with van der Waals surface area (Å²) in [5.74, 6) is -2.69. The average Bonchev–Trinajstić information content (AvgIpc) is 3.07. The van der Waals surface area contributed by atoms with Crippen molar-refractivity contribution in [3.63, 3.8) is 0 Å². The van der Waals surface area contributed by atoms with Crippen LogP contribution in [0.15, 0.2) is 16.7 Å². The van der Waals surface area contributed by atoms with Crippen LogP contribution >= 0.6 is 0 Å². The van der Waals surface area contributed by atoms with E-state index in [4.69, 9.17) is 4.52 Å². The van der Waals surface area contributed by atoms with E-state index in [1.54, 1.807) is 0 Å². The normalized spacial score (nSPS) is 14.3. The van der Waals surface area contributed by atoms with Crippen molar-refractivity contribution in [2.45, 2.75) is 18.9 Å². The summed E-state index contributed by atoms with van der Waals surface area (Å²) < 4.78 is 32.4. The van der Waals surface area contributed by atoms with Gasteiger partial charge in [0.2, 0.25) is 11.6 Å². The summed E-state index contributed by atoms with van der Waals surface area (Å²) in [5, 5.41) is 16.9. The molecule has 1 aliphatic rings. The number of aromatic nitrogens is 2. The maximum Gasteiger partial charge on any atom is 0.322 e. The van der Waals surface area contributed by atoms with Gasteiger partial charge in [-0.3, -0.25) is 10.1 Å². The molecule has 1 aliphatic carbocycles. The molecule has 0 unspecified atom stereocenters. The molecule has 2 aromatic rings. The minimum absolute atomic E-state index is 0.0350. The lowest BCUT2D eigenvalue weighted by Crippen LogP contribution is -2.01. The fourth-order valence-corrected chi connectivity index (χ4v) is 1.67. The fourth-order valence-electron chi connectivity index (χ4n) is 1.67. The first-order valence-electron chi connectivity index (χ1n) is 5.79. The first kappa shape index (κ1) is 12.5. The third-order valence-corrected chi connectivity index (χ3v) is 2.82. The zero-order valence-corrected chi connectivity index (χ0v) is 9.97. The molecule has 0 atom stereocenters. The van der Waals surface area contributed by atoms with Crippen LogP contribution in [-0.2, 0) is 0 Å². The van der Waals surface area contributed by atoms with Gasteiger partial charge in [-0.25, -0.2) is 4.39 Å². The predicted octanol–water partition coefficient (Wildman–Crippen LogP) is 2.50. The van der Waals surface area contributed by atoms with Crippen molar-refractivity contribution < 1.29 is 18.2 Å². The summed E-state index contributed by atoms with van der Waals surface area (Å²) in [5.41, 5.74) is -1.52. The number of hydrogen-bond donors (Lipinski definition) is 1. The zero-order valence-electron chi connectivity index (χ0n) is 9.97. The number of anilines is 1. The van der Waals surface area contributed by atoms with Gasteiger partial charge in [0.05, 0.1) is 4.92 Å². The molecule has 0 aliphatic heterocycles. The molecule has 1 saturated carbocycles. The maximum absolute atomic E-state index is 13.9. The van der Waals surface area contributed by atoms with Gasteiger partial charge in [-0.05, 0) is 18.9 Å². The molecule has 7 nitrogen and oxygen atoms in total. The SMILES string of the molecule is O=[N+]([O-])c1ccc(F)c(-c2noc(NC3CC3)n2)c1F. The predicted molar refractivity (Wildman–Crippen MR) is 62.9 cm³/mol. The third-order valence-electron chi connectivity index (χ3n) is 2.82. The number of benzene rings is 1. The van der Waals surface area contributed by atoms with Crippen LogP contribution in [0.3, 0.4) is 0 Å². The van der Waals surface area contributed by atoms with Crippen molar-refractivity contribution in [2.75, 3.05) is 5.32 Å². The van der Waals surface area contributed by atoms with E-state index in [0.29, 0.717) is 0 Å². The van der Waals surface area contributed by atoms with E-state index in [2.05, 4.69) is 15.5 Å². The largest absolute Gasteiger partial charge is 0.335 e. The lowest BCUT2D eigenvalue weighted by molar-refractivity contribution is -0.387. The van der Waals surface area contributed by atoms with Crippen LogP contribution in [0.25, 0.3) is 11.4 Å². The number of nitrogens with zero attached hydrogens (tertiary/aromatic N) is 3. The standard InChI is InChI=1S/C11H8F2N4O3/c12-6-3-4-7(17(18)19)9(13)8(6)10-15-11(20-16-10)14-5-1-2-5/h3-5H,1-2H2,(H,14,15,16). The van der Waals surface area contributed by atoms with E-state index >= 15 is 0 Å². The smallest absolute Gasteiger partial charge is 0.322 e. The van der Waals surface area contributed by atoms with E-state index in [-0.39, 0.29) is 17.9 Å². The van der Waals surface area contributed by atoms with Crippen molar-refractivity contribution >= 4 is 11.7 Å². The Morgan fingerprint density at radius 2 is 2.15 bits per heavy atom. The number of nitro benzene ring substituents is 1. The Morgan fingerprint density at radius 3 is 2.80 bits per heavy atom. The van der Waals surface area contributed by atoms with Gasteiger partial charge in [0.1, 0.15) is 11.4 Å². The summed E-state index contributed by atoms with van der Waals surface area (Å²) in [6.45, 7) is 0. The topological polar surface area (TPSA) is 94.1 Å². The molecule has 1 fully saturated rings. The highest BCUT2D eigenvalue weighted by Gasteiger charge is 2.27. The molecule has 1 aromatic heterocycles. The van der Waals surface area contributed by atoms with Gasteiger partial charge < -0.3 is 9.84 Å². The summed E-state index contributed by atoms with van der Waals surface area (Å²) in [7, 11) is 0. The van der Waals surface area contributed by atoms with Crippen molar-refractivity contribution in [3.8, 4) is 11.4 Å². The van der Waals surface area contributed by atoms with Gasteiger partial charge in [0, 0.05) is 12.1 Å². The number of hydrogen-bond acceptors (Lipinski definition) is 6. The average molecular weight is 282 g/mol. The molecular weight excluding hydrogens is 274 g/mol. The van der Waals surface area contributed by atoms with Gasteiger partial charge in [-0.1, -0.05) is 5.16 Å². The van der Waals surface area contributed by atoms with Gasteiger partial charge >= 0.3 is 11.7 Å². The number of halogens is 2. The van der Waals surface area contributed by atoms with E-state index in [9.17, 15) is 18.9 Å². The van der Waals surface area contributed by atoms with Crippen LogP contribution in [0.5, 0.6) is 0 Å². The third kappa shape index (κ3) is 2.17. The first-order valence-corrected chi connectivity index (χ1v) is 5.79. The van der Waals surface area contributed by atoms with Crippen LogP contribution in [0.1, 0.15) is 12.8 Å². The number of nitrogens with one attached hydrogen (secondary N) is 1. The molecule has 0 saturated heterocycles. The fraction of sp³-hybridized carbons (Fsp3) is 0.273. The Hall–Kier alpha value is -2.58. The van der Waals surface area contributed by atoms with Crippen molar-refractivity contribution in [3.05, 3.63) is 33.9 Å². The highest BCUT2D eigenvalue weighted by Crippen LogP contribution is 2.31. The molecule has 1 N–H and O–H groups in total. The van der Waals surface area contributed by atoms with Crippen molar-refractivity contribution in [1.29, 1.82) is 0 Å². The highest BCUT2D eigenvalue weighted by molar-refractivity contribution is 5.62. The summed E-state index contributed by atoms with van der Waals surface area (Å²) >= 11 is 0. The second-order valence-electron chi connectivity index (χ2n) is 4.35.